The minimum atomic E-state index is -1.15. The molecule has 1 amide bonds. The van der Waals surface area contributed by atoms with Gasteiger partial charge in [-0.1, -0.05) is 16.2 Å². The molecule has 2 aliphatic rings. The molecule has 0 bridgehead atoms. The molecular formula is C19H18F3N5O2S. The Hall–Kier alpha value is -2.66. The molecule has 0 radical (unpaired) electrons. The lowest BCUT2D eigenvalue weighted by molar-refractivity contribution is 0.0924. The predicted octanol–water partition coefficient (Wildman–Crippen LogP) is 2.89. The molecule has 2 N–H and O–H groups in total. The minimum Gasteiger partial charge on any atom is -0.379 e. The van der Waals surface area contributed by atoms with E-state index in [-0.39, 0.29) is 46.4 Å². The molecule has 158 valence electrons. The summed E-state index contributed by atoms with van der Waals surface area (Å²) in [4.78, 5) is 24.1. The van der Waals surface area contributed by atoms with Crippen LogP contribution in [0.15, 0.2) is 29.4 Å². The van der Waals surface area contributed by atoms with Gasteiger partial charge in [0.2, 0.25) is 5.95 Å². The molecule has 7 nitrogen and oxygen atoms in total. The van der Waals surface area contributed by atoms with Crippen molar-refractivity contribution in [3.8, 4) is 0 Å². The number of nitrogens with two attached hydrogens (primary N) is 1. The molecule has 2 aliphatic heterocycles. The lowest BCUT2D eigenvalue weighted by atomic mass is 9.79. The van der Waals surface area contributed by atoms with Crippen LogP contribution in [0.2, 0.25) is 0 Å². The van der Waals surface area contributed by atoms with Crippen LogP contribution in [0.4, 0.5) is 18.9 Å². The molecule has 1 fully saturated rings. The first-order chi connectivity index (χ1) is 14.2. The van der Waals surface area contributed by atoms with E-state index in [2.05, 4.69) is 15.0 Å². The molecular weight excluding hydrogens is 419 g/mol. The molecule has 1 aromatic heterocycles. The Kier molecular flexibility index (Phi) is 5.18. The summed E-state index contributed by atoms with van der Waals surface area (Å²) in [6.45, 7) is 3.29. The Labute approximate surface area is 174 Å². The van der Waals surface area contributed by atoms with Crippen molar-refractivity contribution in [2.45, 2.75) is 25.5 Å². The fourth-order valence-corrected chi connectivity index (χ4v) is 4.97. The third-order valence-corrected chi connectivity index (χ3v) is 6.32. The fourth-order valence-electron chi connectivity index (χ4n) is 3.84. The van der Waals surface area contributed by atoms with E-state index < -0.39 is 23.2 Å². The van der Waals surface area contributed by atoms with Crippen molar-refractivity contribution < 1.29 is 22.8 Å². The topological polar surface area (TPSA) is 93.7 Å². The lowest BCUT2D eigenvalue weighted by Gasteiger charge is -2.35. The summed E-state index contributed by atoms with van der Waals surface area (Å²) < 4.78 is 48.7. The van der Waals surface area contributed by atoms with Crippen LogP contribution >= 0.6 is 11.8 Å². The molecule has 1 saturated heterocycles. The number of rotatable bonds is 3. The van der Waals surface area contributed by atoms with Gasteiger partial charge in [0.15, 0.2) is 10.9 Å². The van der Waals surface area contributed by atoms with Crippen LogP contribution in [0, 0.1) is 24.6 Å². The highest BCUT2D eigenvalue weighted by atomic mass is 32.2. The van der Waals surface area contributed by atoms with Crippen LogP contribution in [0.25, 0.3) is 0 Å². The molecule has 0 aliphatic carbocycles. The molecule has 30 heavy (non-hydrogen) atoms. The monoisotopic (exact) mass is 437 g/mol. The maximum atomic E-state index is 15.0. The van der Waals surface area contributed by atoms with E-state index in [0.29, 0.717) is 10.9 Å². The Morgan fingerprint density at radius 1 is 1.40 bits per heavy atom. The van der Waals surface area contributed by atoms with E-state index >= 15 is 0 Å². The number of amides is 1. The van der Waals surface area contributed by atoms with Gasteiger partial charge in [-0.25, -0.2) is 19.4 Å². The zero-order chi connectivity index (χ0) is 21.6. The number of halogens is 3. The van der Waals surface area contributed by atoms with Gasteiger partial charge in [-0.05, 0) is 32.0 Å². The number of hydrogen-bond donors (Lipinski definition) is 1. The van der Waals surface area contributed by atoms with Crippen molar-refractivity contribution >= 4 is 28.5 Å². The van der Waals surface area contributed by atoms with Gasteiger partial charge in [-0.2, -0.15) is 4.39 Å². The number of ether oxygens (including phenoxy) is 1. The van der Waals surface area contributed by atoms with E-state index in [1.165, 1.54) is 24.8 Å². The number of fused-ring (bicyclic) bond motifs is 1. The predicted molar refractivity (Wildman–Crippen MR) is 106 cm³/mol. The molecule has 2 aromatic rings. The Morgan fingerprint density at radius 2 is 2.17 bits per heavy atom. The first-order valence-corrected chi connectivity index (χ1v) is 10.1. The number of amidine groups is 1. The highest BCUT2D eigenvalue weighted by Gasteiger charge is 2.52. The van der Waals surface area contributed by atoms with E-state index in [9.17, 15) is 18.1 Å². The zero-order valence-electron chi connectivity index (χ0n) is 16.1. The largest absolute Gasteiger partial charge is 0.379 e. The van der Waals surface area contributed by atoms with Crippen molar-refractivity contribution in [3.63, 3.8) is 0 Å². The molecule has 3 atom stereocenters. The third kappa shape index (κ3) is 3.31. The van der Waals surface area contributed by atoms with Crippen LogP contribution in [0.3, 0.4) is 0 Å². The number of hydrogen-bond acceptors (Lipinski definition) is 7. The van der Waals surface area contributed by atoms with E-state index in [4.69, 9.17) is 10.5 Å². The first-order valence-electron chi connectivity index (χ1n) is 9.12. The Morgan fingerprint density at radius 3 is 2.90 bits per heavy atom. The quantitative estimate of drug-likeness (QED) is 0.743. The average Bonchev–Trinajstić information content (AvgIpc) is 3.04. The molecule has 3 heterocycles. The second-order valence-electron chi connectivity index (χ2n) is 7.18. The van der Waals surface area contributed by atoms with Gasteiger partial charge in [0.1, 0.15) is 11.4 Å². The van der Waals surface area contributed by atoms with Crippen molar-refractivity contribution in [2.75, 3.05) is 17.5 Å². The number of nitrogens with zero attached hydrogens (tertiary/aromatic N) is 4. The highest BCUT2D eigenvalue weighted by Crippen LogP contribution is 2.48. The molecule has 0 saturated carbocycles. The first kappa shape index (κ1) is 20.6. The highest BCUT2D eigenvalue weighted by molar-refractivity contribution is 8.13. The van der Waals surface area contributed by atoms with E-state index in [0.717, 1.165) is 18.3 Å². The summed E-state index contributed by atoms with van der Waals surface area (Å²) in [7, 11) is 0. The number of carbonyl (C=O) groups is 1. The van der Waals surface area contributed by atoms with E-state index in [1.54, 1.807) is 0 Å². The Bertz CT molecular complexity index is 1050. The van der Waals surface area contributed by atoms with Gasteiger partial charge in [-0.3, -0.25) is 4.79 Å². The molecule has 0 spiro atoms. The second-order valence-corrected chi connectivity index (χ2v) is 8.23. The molecule has 4 rings (SSSR count). The SMILES string of the molecule is Cc1nc(F)cnc1C(=O)N(F)c1ccc(F)c([C@]23CO[C@H](C)[C@H]2CSC(N)=N3)c1. The van der Waals surface area contributed by atoms with Crippen LogP contribution in [-0.2, 0) is 10.3 Å². The average molecular weight is 437 g/mol. The number of thioether (sulfide) groups is 1. The van der Waals surface area contributed by atoms with Crippen LogP contribution < -0.4 is 10.9 Å². The molecule has 0 unspecified atom stereocenters. The normalized spacial score (nSPS) is 25.6. The maximum absolute atomic E-state index is 15.0. The van der Waals surface area contributed by atoms with Crippen molar-refractivity contribution in [3.05, 3.63) is 53.1 Å². The van der Waals surface area contributed by atoms with Crippen molar-refractivity contribution in [2.24, 2.45) is 16.6 Å². The number of aliphatic imine (C=N–C) groups is 1. The number of anilines is 1. The number of benzene rings is 1. The standard InChI is InChI=1S/C19H18F3N5O2S/c1-9-16(24-6-15(21)25-9)17(28)27(22)11-3-4-14(20)12(5-11)19-8-29-10(2)13(19)7-30-18(23)26-19/h3-6,10,13H,7-8H2,1-2H3,(H2,23,26)/t10-,13-,19-/m1/s1. The van der Waals surface area contributed by atoms with Crippen molar-refractivity contribution in [1.29, 1.82) is 0 Å². The Balaban J connectivity index is 1.75. The van der Waals surface area contributed by atoms with Gasteiger partial charge in [-0.15, -0.1) is 5.12 Å². The molecule has 1 aromatic carbocycles. The minimum absolute atomic E-state index is 0.0664. The van der Waals surface area contributed by atoms with Gasteiger partial charge in [0, 0.05) is 17.2 Å². The summed E-state index contributed by atoms with van der Waals surface area (Å²) in [6.07, 6.45) is 0.528. The van der Waals surface area contributed by atoms with Crippen LogP contribution in [0.1, 0.15) is 28.7 Å². The van der Waals surface area contributed by atoms with E-state index in [1.807, 2.05) is 6.92 Å². The number of aromatic nitrogens is 2. The summed E-state index contributed by atoms with van der Waals surface area (Å²) in [5.74, 6) is -2.24. The smallest absolute Gasteiger partial charge is 0.306 e. The van der Waals surface area contributed by atoms with Crippen molar-refractivity contribution in [1.82, 2.24) is 9.97 Å². The van der Waals surface area contributed by atoms with Crippen LogP contribution in [0.5, 0.6) is 0 Å². The summed E-state index contributed by atoms with van der Waals surface area (Å²) >= 11 is 1.35. The van der Waals surface area contributed by atoms with Gasteiger partial charge in [0.05, 0.1) is 30.3 Å². The molecule has 11 heteroatoms. The summed E-state index contributed by atoms with van der Waals surface area (Å²) in [5.41, 5.74) is 4.26. The van der Waals surface area contributed by atoms with Gasteiger partial charge >= 0.3 is 5.91 Å². The summed E-state index contributed by atoms with van der Waals surface area (Å²) in [5, 5.41) is 0.118. The second kappa shape index (κ2) is 7.55. The fraction of sp³-hybridized carbons (Fsp3) is 0.368. The number of aryl methyl sites for hydroxylation is 1. The zero-order valence-corrected chi connectivity index (χ0v) is 16.9. The third-order valence-electron chi connectivity index (χ3n) is 5.41. The summed E-state index contributed by atoms with van der Waals surface area (Å²) in [6, 6.07) is 3.41. The number of carbonyl (C=O) groups excluding carboxylic acids is 1. The maximum Gasteiger partial charge on any atom is 0.306 e. The van der Waals surface area contributed by atoms with Gasteiger partial charge < -0.3 is 10.5 Å². The lowest BCUT2D eigenvalue weighted by Crippen LogP contribution is -2.42. The van der Waals surface area contributed by atoms with Crippen LogP contribution in [-0.4, -0.2) is 39.5 Å². The van der Waals surface area contributed by atoms with Gasteiger partial charge in [0.25, 0.3) is 0 Å².